The zero-order valence-electron chi connectivity index (χ0n) is 19.2. The lowest BCUT2D eigenvalue weighted by molar-refractivity contribution is 0.0672. The van der Waals surface area contributed by atoms with Crippen molar-refractivity contribution in [3.8, 4) is 5.75 Å². The minimum atomic E-state index is -1.16. The first kappa shape index (κ1) is 24.8. The van der Waals surface area contributed by atoms with Gasteiger partial charge in [-0.15, -0.1) is 6.58 Å². The molecule has 33 heavy (non-hydrogen) atoms. The van der Waals surface area contributed by atoms with Crippen LogP contribution in [0.1, 0.15) is 49.1 Å². The van der Waals surface area contributed by atoms with Gasteiger partial charge >= 0.3 is 6.09 Å². The highest BCUT2D eigenvalue weighted by molar-refractivity contribution is 5.65. The largest absolute Gasteiger partial charge is 0.491 e. The van der Waals surface area contributed by atoms with Crippen molar-refractivity contribution in [1.29, 1.82) is 0 Å². The summed E-state index contributed by atoms with van der Waals surface area (Å²) in [6.45, 7) is 8.38. The number of hydrogen-bond donors (Lipinski definition) is 4. The number of carboxylic acid groups (broad SMARTS) is 1. The zero-order chi connectivity index (χ0) is 23.8. The van der Waals surface area contributed by atoms with Crippen molar-refractivity contribution in [1.82, 2.24) is 10.6 Å². The number of hydrogen-bond acceptors (Lipinski definition) is 5. The Balaban J connectivity index is 1.71. The fourth-order valence-corrected chi connectivity index (χ4v) is 4.21. The van der Waals surface area contributed by atoms with Crippen molar-refractivity contribution in [3.63, 3.8) is 0 Å². The quantitative estimate of drug-likeness (QED) is 0.362. The van der Waals surface area contributed by atoms with Gasteiger partial charge in [-0.2, -0.15) is 0 Å². The molecule has 4 atom stereocenters. The predicted molar refractivity (Wildman–Crippen MR) is 128 cm³/mol. The molecule has 0 spiro atoms. The Kier molecular flexibility index (Phi) is 8.88. The van der Waals surface area contributed by atoms with Crippen LogP contribution in [0.4, 0.5) is 4.79 Å². The molecule has 7 heteroatoms. The molecule has 0 fully saturated rings. The van der Waals surface area contributed by atoms with Crippen LogP contribution < -0.4 is 15.4 Å². The SMILES string of the molecule is C=CCO[C@@H]1C[C@H](NC[C@H](O)[C@H](Cc2ccccc2)NC(=O)O)c2cc(OC(C)C)ccc21. The molecule has 1 aliphatic rings. The van der Waals surface area contributed by atoms with E-state index in [0.29, 0.717) is 19.4 Å². The van der Waals surface area contributed by atoms with Crippen LogP contribution in [0.5, 0.6) is 5.75 Å². The Labute approximate surface area is 195 Å². The van der Waals surface area contributed by atoms with E-state index in [0.717, 1.165) is 22.4 Å². The van der Waals surface area contributed by atoms with Gasteiger partial charge in [-0.25, -0.2) is 4.79 Å². The standard InChI is InChI=1S/C26H34N2O5/c1-4-12-32-25-15-22(21-14-19(33-17(2)3)10-11-20(21)25)27-16-24(29)23(28-26(30)31)13-18-8-6-5-7-9-18/h4-11,14,17,22-25,27-29H,1,12-13,15-16H2,2-3H3,(H,30,31)/t22-,23-,24-,25+/m0/s1. The van der Waals surface area contributed by atoms with E-state index < -0.39 is 18.2 Å². The third-order valence-corrected chi connectivity index (χ3v) is 5.66. The highest BCUT2D eigenvalue weighted by Crippen LogP contribution is 2.42. The Morgan fingerprint density at radius 3 is 2.64 bits per heavy atom. The normalized spacial score (nSPS) is 19.0. The van der Waals surface area contributed by atoms with Crippen LogP contribution in [-0.2, 0) is 11.2 Å². The van der Waals surface area contributed by atoms with Crippen LogP contribution >= 0.6 is 0 Å². The lowest BCUT2D eigenvalue weighted by Gasteiger charge is -2.25. The van der Waals surface area contributed by atoms with Crippen LogP contribution in [0, 0.1) is 0 Å². The summed E-state index contributed by atoms with van der Waals surface area (Å²) in [5.74, 6) is 0.787. The molecule has 0 aliphatic heterocycles. The number of aliphatic hydroxyl groups is 1. The molecule has 2 aromatic rings. The van der Waals surface area contributed by atoms with Gasteiger partial charge in [0.05, 0.1) is 31.0 Å². The summed E-state index contributed by atoms with van der Waals surface area (Å²) >= 11 is 0. The summed E-state index contributed by atoms with van der Waals surface area (Å²) in [6, 6.07) is 14.8. The van der Waals surface area contributed by atoms with Gasteiger partial charge in [0.1, 0.15) is 5.75 Å². The van der Waals surface area contributed by atoms with Crippen LogP contribution in [0.2, 0.25) is 0 Å². The second-order valence-corrected chi connectivity index (χ2v) is 8.58. The van der Waals surface area contributed by atoms with Crippen molar-refractivity contribution in [2.45, 2.75) is 57.1 Å². The maximum Gasteiger partial charge on any atom is 0.404 e. The highest BCUT2D eigenvalue weighted by Gasteiger charge is 2.33. The minimum Gasteiger partial charge on any atom is -0.491 e. The van der Waals surface area contributed by atoms with E-state index >= 15 is 0 Å². The van der Waals surface area contributed by atoms with Crippen LogP contribution in [-0.4, -0.2) is 47.7 Å². The van der Waals surface area contributed by atoms with E-state index in [1.165, 1.54) is 0 Å². The molecule has 0 heterocycles. The second kappa shape index (κ2) is 11.8. The van der Waals surface area contributed by atoms with Gasteiger partial charge in [-0.05, 0) is 55.5 Å². The van der Waals surface area contributed by atoms with Gasteiger partial charge in [0, 0.05) is 12.6 Å². The molecule has 1 aliphatic carbocycles. The first-order valence-electron chi connectivity index (χ1n) is 11.3. The fourth-order valence-electron chi connectivity index (χ4n) is 4.21. The molecule has 0 radical (unpaired) electrons. The summed E-state index contributed by atoms with van der Waals surface area (Å²) in [5.41, 5.74) is 3.11. The average molecular weight is 455 g/mol. The lowest BCUT2D eigenvalue weighted by Crippen LogP contribution is -2.48. The number of nitrogens with one attached hydrogen (secondary N) is 2. The van der Waals surface area contributed by atoms with E-state index in [1.807, 2.05) is 62.4 Å². The lowest BCUT2D eigenvalue weighted by atomic mass is 10.0. The monoisotopic (exact) mass is 454 g/mol. The molecule has 0 saturated carbocycles. The molecular weight excluding hydrogens is 420 g/mol. The molecule has 0 bridgehead atoms. The fraction of sp³-hybridized carbons (Fsp3) is 0.423. The molecule has 7 nitrogen and oxygen atoms in total. The number of rotatable bonds is 12. The van der Waals surface area contributed by atoms with E-state index in [-0.39, 0.29) is 24.8 Å². The molecule has 3 rings (SSSR count). The molecule has 0 unspecified atom stereocenters. The van der Waals surface area contributed by atoms with Gasteiger partial charge in [0.25, 0.3) is 0 Å². The van der Waals surface area contributed by atoms with E-state index in [9.17, 15) is 15.0 Å². The van der Waals surface area contributed by atoms with Crippen molar-refractivity contribution in [2.75, 3.05) is 13.2 Å². The van der Waals surface area contributed by atoms with Gasteiger partial charge in [0.15, 0.2) is 0 Å². The molecule has 0 aromatic heterocycles. The molecule has 1 amide bonds. The number of amides is 1. The van der Waals surface area contributed by atoms with Crippen molar-refractivity contribution < 1.29 is 24.5 Å². The maximum atomic E-state index is 11.3. The average Bonchev–Trinajstić information content (AvgIpc) is 3.12. The minimum absolute atomic E-state index is 0.0534. The van der Waals surface area contributed by atoms with Gasteiger partial charge in [0.2, 0.25) is 0 Å². The van der Waals surface area contributed by atoms with Crippen LogP contribution in [0.15, 0.2) is 61.2 Å². The predicted octanol–water partition coefficient (Wildman–Crippen LogP) is 3.99. The third-order valence-electron chi connectivity index (χ3n) is 5.66. The summed E-state index contributed by atoms with van der Waals surface area (Å²) in [4.78, 5) is 11.3. The Hall–Kier alpha value is -2.87. The Morgan fingerprint density at radius 2 is 1.97 bits per heavy atom. The van der Waals surface area contributed by atoms with Crippen molar-refractivity contribution >= 4 is 6.09 Å². The zero-order valence-corrected chi connectivity index (χ0v) is 19.2. The summed E-state index contributed by atoms with van der Waals surface area (Å²) < 4.78 is 11.8. The maximum absolute atomic E-state index is 11.3. The number of carbonyl (C=O) groups is 1. The number of ether oxygens (including phenoxy) is 2. The van der Waals surface area contributed by atoms with Crippen molar-refractivity contribution in [2.24, 2.45) is 0 Å². The molecule has 4 N–H and O–H groups in total. The third kappa shape index (κ3) is 7.05. The number of fused-ring (bicyclic) bond motifs is 1. The van der Waals surface area contributed by atoms with Crippen LogP contribution in [0.3, 0.4) is 0 Å². The van der Waals surface area contributed by atoms with Crippen molar-refractivity contribution in [3.05, 3.63) is 77.9 Å². The number of aliphatic hydroxyl groups excluding tert-OH is 1. The van der Waals surface area contributed by atoms with Crippen LogP contribution in [0.25, 0.3) is 0 Å². The number of benzene rings is 2. The Bertz CT molecular complexity index is 918. The first-order valence-corrected chi connectivity index (χ1v) is 11.3. The Morgan fingerprint density at radius 1 is 1.21 bits per heavy atom. The summed E-state index contributed by atoms with van der Waals surface area (Å²) in [7, 11) is 0. The first-order chi connectivity index (χ1) is 15.9. The van der Waals surface area contributed by atoms with E-state index in [2.05, 4.69) is 17.2 Å². The molecule has 0 saturated heterocycles. The van der Waals surface area contributed by atoms with Gasteiger partial charge < -0.3 is 30.3 Å². The summed E-state index contributed by atoms with van der Waals surface area (Å²) in [5, 5.41) is 26.0. The molecule has 2 aromatic carbocycles. The van der Waals surface area contributed by atoms with Gasteiger partial charge in [-0.1, -0.05) is 42.5 Å². The van der Waals surface area contributed by atoms with E-state index in [4.69, 9.17) is 9.47 Å². The smallest absolute Gasteiger partial charge is 0.404 e. The molecular formula is C26H34N2O5. The van der Waals surface area contributed by atoms with E-state index in [1.54, 1.807) is 6.08 Å². The second-order valence-electron chi connectivity index (χ2n) is 8.58. The highest BCUT2D eigenvalue weighted by atomic mass is 16.5. The molecule has 178 valence electrons. The van der Waals surface area contributed by atoms with Gasteiger partial charge in [-0.3, -0.25) is 0 Å². The topological polar surface area (TPSA) is 100 Å². The summed E-state index contributed by atoms with van der Waals surface area (Å²) in [6.07, 6.45) is 0.740.